The molecule has 1 saturated heterocycles. The Bertz CT molecular complexity index is 710. The molecule has 1 N–H and O–H groups in total. The molecule has 0 bridgehead atoms. The number of likely N-dealkylation sites (tertiary alicyclic amines) is 1. The molecule has 1 fully saturated rings. The second kappa shape index (κ2) is 6.42. The fourth-order valence-corrected chi connectivity index (χ4v) is 3.98. The van der Waals surface area contributed by atoms with Crippen molar-refractivity contribution in [3.63, 3.8) is 0 Å². The van der Waals surface area contributed by atoms with E-state index in [2.05, 4.69) is 21.2 Å². The van der Waals surface area contributed by atoms with E-state index in [4.69, 9.17) is 4.52 Å². The highest BCUT2D eigenvalue weighted by molar-refractivity contribution is 5.93. The zero-order chi connectivity index (χ0) is 16.5. The minimum Gasteiger partial charge on any atom is -0.354 e. The highest BCUT2D eigenvalue weighted by Gasteiger charge is 2.27. The molecule has 6 heteroatoms. The van der Waals surface area contributed by atoms with Crippen molar-refractivity contribution in [2.24, 2.45) is 5.92 Å². The molecule has 1 atom stereocenters. The van der Waals surface area contributed by atoms with E-state index in [-0.39, 0.29) is 5.91 Å². The van der Waals surface area contributed by atoms with Crippen LogP contribution in [0.15, 0.2) is 10.6 Å². The fraction of sp³-hybridized carbons (Fsp3) is 0.611. The van der Waals surface area contributed by atoms with Gasteiger partial charge in [-0.2, -0.15) is 4.98 Å². The van der Waals surface area contributed by atoms with E-state index in [0.717, 1.165) is 50.9 Å². The lowest BCUT2D eigenvalue weighted by atomic mass is 9.94. The van der Waals surface area contributed by atoms with Crippen LogP contribution < -0.4 is 0 Å². The Kier molecular flexibility index (Phi) is 4.12. The molecule has 3 heterocycles. The van der Waals surface area contributed by atoms with Gasteiger partial charge in [0.25, 0.3) is 5.91 Å². The number of aromatic amines is 1. The van der Waals surface area contributed by atoms with Crippen LogP contribution in [0.25, 0.3) is 0 Å². The van der Waals surface area contributed by atoms with Crippen LogP contribution in [0.4, 0.5) is 0 Å². The first-order valence-electron chi connectivity index (χ1n) is 8.98. The van der Waals surface area contributed by atoms with Crippen molar-refractivity contribution >= 4 is 5.91 Å². The van der Waals surface area contributed by atoms with Crippen molar-refractivity contribution in [1.82, 2.24) is 20.0 Å². The minimum atomic E-state index is 0.135. The predicted octanol–water partition coefficient (Wildman–Crippen LogP) is 2.68. The van der Waals surface area contributed by atoms with E-state index < -0.39 is 0 Å². The minimum absolute atomic E-state index is 0.135. The second-order valence-electron chi connectivity index (χ2n) is 7.09. The Labute approximate surface area is 141 Å². The first kappa shape index (κ1) is 15.4. The van der Waals surface area contributed by atoms with Gasteiger partial charge >= 0.3 is 0 Å². The molecule has 0 spiro atoms. The average molecular weight is 328 g/mol. The zero-order valence-corrected chi connectivity index (χ0v) is 14.2. The number of rotatable bonds is 3. The number of aromatic nitrogens is 3. The van der Waals surface area contributed by atoms with Gasteiger partial charge in [0.05, 0.1) is 0 Å². The van der Waals surface area contributed by atoms with Gasteiger partial charge in [-0.1, -0.05) is 5.16 Å². The van der Waals surface area contributed by atoms with Gasteiger partial charge in [0.15, 0.2) is 5.82 Å². The van der Waals surface area contributed by atoms with E-state index in [1.807, 2.05) is 11.8 Å². The van der Waals surface area contributed by atoms with Crippen LogP contribution in [-0.4, -0.2) is 39.0 Å². The Hall–Kier alpha value is -2.11. The first-order chi connectivity index (χ1) is 11.7. The molecule has 2 aromatic rings. The summed E-state index contributed by atoms with van der Waals surface area (Å²) in [5, 5.41) is 3.85. The summed E-state index contributed by atoms with van der Waals surface area (Å²) in [6.45, 7) is 3.43. The van der Waals surface area contributed by atoms with Crippen LogP contribution in [0.1, 0.15) is 59.1 Å². The quantitative estimate of drug-likeness (QED) is 0.940. The standard InChI is InChI=1S/C18H24N4O2/c1-12-19-17(24-21-12)9-13-5-4-8-22(11-13)18(23)16-10-14-6-2-3-7-15(14)20-16/h10,13,20H,2-9,11H2,1H3. The second-order valence-corrected chi connectivity index (χ2v) is 7.09. The van der Waals surface area contributed by atoms with Crippen molar-refractivity contribution in [2.75, 3.05) is 13.1 Å². The Morgan fingerprint density at radius 2 is 2.25 bits per heavy atom. The highest BCUT2D eigenvalue weighted by atomic mass is 16.5. The van der Waals surface area contributed by atoms with E-state index in [9.17, 15) is 4.79 Å². The summed E-state index contributed by atoms with van der Waals surface area (Å²) in [4.78, 5) is 22.5. The smallest absolute Gasteiger partial charge is 0.270 e. The van der Waals surface area contributed by atoms with Gasteiger partial charge in [-0.3, -0.25) is 4.79 Å². The summed E-state index contributed by atoms with van der Waals surface area (Å²) >= 11 is 0. The molecule has 24 heavy (non-hydrogen) atoms. The van der Waals surface area contributed by atoms with Crippen LogP contribution in [-0.2, 0) is 19.3 Å². The van der Waals surface area contributed by atoms with Crippen molar-refractivity contribution < 1.29 is 9.32 Å². The van der Waals surface area contributed by atoms with Gasteiger partial charge in [0, 0.05) is 25.2 Å². The molecule has 4 rings (SSSR count). The summed E-state index contributed by atoms with van der Waals surface area (Å²) in [7, 11) is 0. The third kappa shape index (κ3) is 3.09. The lowest BCUT2D eigenvalue weighted by Crippen LogP contribution is -2.40. The maximum absolute atomic E-state index is 12.9. The van der Waals surface area contributed by atoms with Crippen molar-refractivity contribution in [3.8, 4) is 0 Å². The monoisotopic (exact) mass is 328 g/mol. The number of H-pyrrole nitrogens is 1. The summed E-state index contributed by atoms with van der Waals surface area (Å²) in [6.07, 6.45) is 7.51. The number of carbonyl (C=O) groups excluding carboxylic acids is 1. The molecule has 2 aliphatic rings. The maximum atomic E-state index is 12.9. The largest absolute Gasteiger partial charge is 0.354 e. The molecule has 0 radical (unpaired) electrons. The Balaban J connectivity index is 1.43. The van der Waals surface area contributed by atoms with Crippen LogP contribution in [0.2, 0.25) is 0 Å². The average Bonchev–Trinajstić information content (AvgIpc) is 3.20. The molecule has 1 amide bonds. The van der Waals surface area contributed by atoms with Gasteiger partial charge < -0.3 is 14.4 Å². The summed E-state index contributed by atoms with van der Waals surface area (Å²) in [5.74, 6) is 1.88. The topological polar surface area (TPSA) is 75.0 Å². The third-order valence-electron chi connectivity index (χ3n) is 5.18. The number of amides is 1. The maximum Gasteiger partial charge on any atom is 0.270 e. The molecular formula is C18H24N4O2. The van der Waals surface area contributed by atoms with Crippen LogP contribution in [0.5, 0.6) is 0 Å². The number of aryl methyl sites for hydroxylation is 3. The molecule has 0 aromatic carbocycles. The predicted molar refractivity (Wildman–Crippen MR) is 88.8 cm³/mol. The molecule has 1 unspecified atom stereocenters. The summed E-state index contributed by atoms with van der Waals surface area (Å²) in [5.41, 5.74) is 3.36. The van der Waals surface area contributed by atoms with Crippen LogP contribution in [0, 0.1) is 12.8 Å². The molecule has 2 aromatic heterocycles. The normalized spacial score (nSPS) is 20.9. The number of carbonyl (C=O) groups is 1. The number of nitrogens with zero attached hydrogens (tertiary/aromatic N) is 3. The van der Waals surface area contributed by atoms with E-state index in [1.54, 1.807) is 0 Å². The van der Waals surface area contributed by atoms with Crippen LogP contribution in [0.3, 0.4) is 0 Å². The molecular weight excluding hydrogens is 304 g/mol. The van der Waals surface area contributed by atoms with Gasteiger partial charge in [0.1, 0.15) is 5.69 Å². The lowest BCUT2D eigenvalue weighted by Gasteiger charge is -2.32. The van der Waals surface area contributed by atoms with Crippen molar-refractivity contribution in [1.29, 1.82) is 0 Å². The number of nitrogens with one attached hydrogen (secondary N) is 1. The summed E-state index contributed by atoms with van der Waals surface area (Å²) in [6, 6.07) is 2.07. The molecule has 128 valence electrons. The number of hydrogen-bond donors (Lipinski definition) is 1. The number of hydrogen-bond acceptors (Lipinski definition) is 4. The third-order valence-corrected chi connectivity index (χ3v) is 5.18. The van der Waals surface area contributed by atoms with Gasteiger partial charge in [-0.15, -0.1) is 0 Å². The van der Waals surface area contributed by atoms with Gasteiger partial charge in [0.2, 0.25) is 5.89 Å². The zero-order valence-electron chi connectivity index (χ0n) is 14.2. The van der Waals surface area contributed by atoms with Gasteiger partial charge in [-0.05, 0) is 63.0 Å². The lowest BCUT2D eigenvalue weighted by molar-refractivity contribution is 0.0662. The number of piperidine rings is 1. The highest BCUT2D eigenvalue weighted by Crippen LogP contribution is 2.25. The van der Waals surface area contributed by atoms with E-state index >= 15 is 0 Å². The van der Waals surface area contributed by atoms with Gasteiger partial charge in [-0.25, -0.2) is 0 Å². The summed E-state index contributed by atoms with van der Waals surface area (Å²) < 4.78 is 5.23. The van der Waals surface area contributed by atoms with E-state index in [0.29, 0.717) is 17.6 Å². The Morgan fingerprint density at radius 3 is 3.04 bits per heavy atom. The SMILES string of the molecule is Cc1noc(CC2CCCN(C(=O)c3cc4c([nH]3)CCCC4)C2)n1. The van der Waals surface area contributed by atoms with Crippen molar-refractivity contribution in [3.05, 3.63) is 34.7 Å². The molecule has 1 aliphatic carbocycles. The van der Waals surface area contributed by atoms with E-state index in [1.165, 1.54) is 24.1 Å². The Morgan fingerprint density at radius 1 is 1.38 bits per heavy atom. The molecule has 0 saturated carbocycles. The van der Waals surface area contributed by atoms with Crippen LogP contribution >= 0.6 is 0 Å². The molecule has 6 nitrogen and oxygen atoms in total. The number of fused-ring (bicyclic) bond motifs is 1. The van der Waals surface area contributed by atoms with Crippen molar-refractivity contribution in [2.45, 2.75) is 51.9 Å². The molecule has 1 aliphatic heterocycles. The first-order valence-corrected chi connectivity index (χ1v) is 8.98. The fourth-order valence-electron chi connectivity index (χ4n) is 3.98.